The number of nitrogens with one attached hydrogen (secondary N) is 3. The van der Waals surface area contributed by atoms with Crippen LogP contribution in [-0.4, -0.2) is 46.7 Å². The maximum atomic E-state index is 12.3. The van der Waals surface area contributed by atoms with Crippen molar-refractivity contribution in [3.05, 3.63) is 54.1 Å². The minimum Gasteiger partial charge on any atom is -0.391 e. The molecule has 0 saturated carbocycles. The number of hydrogen-bond acceptors (Lipinski definition) is 6. The molecule has 0 radical (unpaired) electrons. The third kappa shape index (κ3) is 6.11. The smallest absolute Gasteiger partial charge is 0.268 e. The van der Waals surface area contributed by atoms with Gasteiger partial charge in [-0.25, -0.2) is 5.48 Å². The molecular formula is C20H24N4O5. The van der Waals surface area contributed by atoms with Crippen molar-refractivity contribution in [3.63, 3.8) is 0 Å². The Kier molecular flexibility index (Phi) is 7.84. The van der Waals surface area contributed by atoms with Crippen LogP contribution in [0.1, 0.15) is 23.7 Å². The minimum absolute atomic E-state index is 0.152. The van der Waals surface area contributed by atoms with Gasteiger partial charge in [-0.15, -0.1) is 0 Å². The summed E-state index contributed by atoms with van der Waals surface area (Å²) in [5.74, 6) is -1.63. The Hall–Kier alpha value is -3.27. The largest absolute Gasteiger partial charge is 0.391 e. The summed E-state index contributed by atoms with van der Waals surface area (Å²) >= 11 is 0. The second-order valence-corrected chi connectivity index (χ2v) is 6.41. The van der Waals surface area contributed by atoms with Crippen LogP contribution in [0.2, 0.25) is 0 Å². The standard InChI is InChI=1S/C20H24N4O5/c1-12(25)18(20(28)24-29)23-19(27)15-4-2-13(3-5-15)14-6-8-16(9-7-14)22-17(26)10-11-21/h2-9,12,18,25,29H,10-11,21H2,1H3,(H,22,26)(H,23,27)(H,24,28)/t12-,18+/m1/s1. The van der Waals surface area contributed by atoms with Gasteiger partial charge in [0.05, 0.1) is 6.10 Å². The van der Waals surface area contributed by atoms with Crippen molar-refractivity contribution in [1.29, 1.82) is 0 Å². The molecule has 9 heteroatoms. The van der Waals surface area contributed by atoms with Crippen LogP contribution in [0.15, 0.2) is 48.5 Å². The lowest BCUT2D eigenvalue weighted by Crippen LogP contribution is -2.51. The van der Waals surface area contributed by atoms with Gasteiger partial charge in [-0.2, -0.15) is 0 Å². The van der Waals surface area contributed by atoms with E-state index in [1.54, 1.807) is 36.4 Å². The molecule has 0 aliphatic heterocycles. The molecule has 2 atom stereocenters. The predicted octanol–water partition coefficient (Wildman–Crippen LogP) is 0.625. The molecule has 0 aliphatic rings. The van der Waals surface area contributed by atoms with Gasteiger partial charge in [0.15, 0.2) is 0 Å². The SMILES string of the molecule is C[C@@H](O)[C@H](NC(=O)c1ccc(-c2ccc(NC(=O)CCN)cc2)cc1)C(=O)NO. The lowest BCUT2D eigenvalue weighted by Gasteiger charge is -2.19. The molecule has 0 aromatic heterocycles. The summed E-state index contributed by atoms with van der Waals surface area (Å²) in [6.45, 7) is 1.61. The fraction of sp³-hybridized carbons (Fsp3) is 0.250. The van der Waals surface area contributed by atoms with Crippen LogP contribution in [0, 0.1) is 0 Å². The molecule has 0 heterocycles. The highest BCUT2D eigenvalue weighted by Gasteiger charge is 2.25. The maximum absolute atomic E-state index is 12.3. The number of carbonyl (C=O) groups is 3. The molecule has 2 aromatic rings. The van der Waals surface area contributed by atoms with Crippen LogP contribution in [-0.2, 0) is 9.59 Å². The highest BCUT2D eigenvalue weighted by molar-refractivity contribution is 5.98. The topological polar surface area (TPSA) is 154 Å². The van der Waals surface area contributed by atoms with E-state index < -0.39 is 24.0 Å². The monoisotopic (exact) mass is 400 g/mol. The number of aliphatic hydroxyl groups excluding tert-OH is 1. The molecule has 0 bridgehead atoms. The second kappa shape index (κ2) is 10.3. The van der Waals surface area contributed by atoms with Crippen molar-refractivity contribution in [2.24, 2.45) is 5.73 Å². The van der Waals surface area contributed by atoms with E-state index in [2.05, 4.69) is 10.6 Å². The Morgan fingerprint density at radius 1 is 1.00 bits per heavy atom. The fourth-order valence-corrected chi connectivity index (χ4v) is 2.61. The zero-order valence-electron chi connectivity index (χ0n) is 15.9. The number of anilines is 1. The summed E-state index contributed by atoms with van der Waals surface area (Å²) in [6, 6.07) is 12.6. The minimum atomic E-state index is -1.28. The van der Waals surface area contributed by atoms with Gasteiger partial charge in [0.25, 0.3) is 11.8 Å². The lowest BCUT2D eigenvalue weighted by molar-refractivity contribution is -0.133. The summed E-state index contributed by atoms with van der Waals surface area (Å²) < 4.78 is 0. The van der Waals surface area contributed by atoms with Gasteiger partial charge in [0, 0.05) is 24.2 Å². The van der Waals surface area contributed by atoms with Gasteiger partial charge in [0.1, 0.15) is 6.04 Å². The molecule has 0 aliphatic carbocycles. The Morgan fingerprint density at radius 3 is 2.03 bits per heavy atom. The van der Waals surface area contributed by atoms with Crippen molar-refractivity contribution >= 4 is 23.4 Å². The number of aliphatic hydroxyl groups is 1. The van der Waals surface area contributed by atoms with Crippen LogP contribution < -0.4 is 21.8 Å². The van der Waals surface area contributed by atoms with Crippen molar-refractivity contribution in [2.75, 3.05) is 11.9 Å². The molecule has 0 spiro atoms. The van der Waals surface area contributed by atoms with Gasteiger partial charge in [-0.05, 0) is 42.3 Å². The molecule has 2 rings (SSSR count). The van der Waals surface area contributed by atoms with Gasteiger partial charge < -0.3 is 21.5 Å². The average Bonchev–Trinajstić information content (AvgIpc) is 2.72. The zero-order valence-corrected chi connectivity index (χ0v) is 15.9. The number of hydroxylamine groups is 1. The van der Waals surface area contributed by atoms with E-state index in [0.29, 0.717) is 5.69 Å². The van der Waals surface area contributed by atoms with Gasteiger partial charge >= 0.3 is 0 Å². The van der Waals surface area contributed by atoms with E-state index in [-0.39, 0.29) is 24.4 Å². The first-order valence-corrected chi connectivity index (χ1v) is 8.99. The molecule has 0 saturated heterocycles. The average molecular weight is 400 g/mol. The molecule has 3 amide bonds. The summed E-state index contributed by atoms with van der Waals surface area (Å²) in [4.78, 5) is 35.4. The Bertz CT molecular complexity index is 850. The normalized spacial score (nSPS) is 12.6. The first-order chi connectivity index (χ1) is 13.8. The Morgan fingerprint density at radius 2 is 1.55 bits per heavy atom. The zero-order chi connectivity index (χ0) is 21.4. The van der Waals surface area contributed by atoms with Crippen LogP contribution in [0.4, 0.5) is 5.69 Å². The van der Waals surface area contributed by atoms with E-state index in [4.69, 9.17) is 10.9 Å². The molecule has 9 nitrogen and oxygen atoms in total. The number of hydrogen-bond donors (Lipinski definition) is 6. The van der Waals surface area contributed by atoms with E-state index in [9.17, 15) is 19.5 Å². The summed E-state index contributed by atoms with van der Waals surface area (Å²) in [6.07, 6.45) is -0.935. The van der Waals surface area contributed by atoms with Crippen LogP contribution in [0.5, 0.6) is 0 Å². The van der Waals surface area contributed by atoms with E-state index >= 15 is 0 Å². The van der Waals surface area contributed by atoms with Gasteiger partial charge in [-0.1, -0.05) is 24.3 Å². The van der Waals surface area contributed by atoms with E-state index in [0.717, 1.165) is 11.1 Å². The van der Waals surface area contributed by atoms with Crippen LogP contribution in [0.3, 0.4) is 0 Å². The highest BCUT2D eigenvalue weighted by Crippen LogP contribution is 2.22. The fourth-order valence-electron chi connectivity index (χ4n) is 2.61. The summed E-state index contributed by atoms with van der Waals surface area (Å²) in [5.41, 5.74) is 9.44. The van der Waals surface area contributed by atoms with E-state index in [1.165, 1.54) is 12.4 Å². The Labute approximate surface area is 167 Å². The van der Waals surface area contributed by atoms with Crippen molar-refractivity contribution in [1.82, 2.24) is 10.8 Å². The predicted molar refractivity (Wildman–Crippen MR) is 107 cm³/mol. The first kappa shape index (κ1) is 22.0. The molecule has 0 unspecified atom stereocenters. The maximum Gasteiger partial charge on any atom is 0.268 e. The second-order valence-electron chi connectivity index (χ2n) is 6.41. The number of amides is 3. The molecule has 2 aromatic carbocycles. The number of carbonyl (C=O) groups excluding carboxylic acids is 3. The molecule has 7 N–H and O–H groups in total. The van der Waals surface area contributed by atoms with Crippen LogP contribution >= 0.6 is 0 Å². The van der Waals surface area contributed by atoms with Crippen LogP contribution in [0.25, 0.3) is 11.1 Å². The van der Waals surface area contributed by atoms with Crippen molar-refractivity contribution < 1.29 is 24.7 Å². The van der Waals surface area contributed by atoms with Crippen molar-refractivity contribution in [2.45, 2.75) is 25.5 Å². The molecule has 0 fully saturated rings. The molecule has 154 valence electrons. The number of nitrogens with two attached hydrogens (primary N) is 1. The summed E-state index contributed by atoms with van der Waals surface area (Å²) in [5, 5.41) is 23.4. The third-order valence-electron chi connectivity index (χ3n) is 4.18. The highest BCUT2D eigenvalue weighted by atomic mass is 16.5. The van der Waals surface area contributed by atoms with Crippen molar-refractivity contribution in [3.8, 4) is 11.1 Å². The summed E-state index contributed by atoms with van der Waals surface area (Å²) in [7, 11) is 0. The van der Waals surface area contributed by atoms with Gasteiger partial charge in [-0.3, -0.25) is 19.6 Å². The quantitative estimate of drug-likeness (QED) is 0.282. The lowest BCUT2D eigenvalue weighted by atomic mass is 10.0. The van der Waals surface area contributed by atoms with E-state index in [1.807, 2.05) is 12.1 Å². The third-order valence-corrected chi connectivity index (χ3v) is 4.18. The molecular weight excluding hydrogens is 376 g/mol. The number of benzene rings is 2. The Balaban J connectivity index is 2.06. The number of rotatable bonds is 8. The first-order valence-electron chi connectivity index (χ1n) is 8.99. The molecule has 29 heavy (non-hydrogen) atoms. The van der Waals surface area contributed by atoms with Gasteiger partial charge in [0.2, 0.25) is 5.91 Å².